The lowest BCUT2D eigenvalue weighted by molar-refractivity contribution is -0.385. The number of nitrogens with one attached hydrogen (secondary N) is 2. The van der Waals surface area contributed by atoms with Crippen LogP contribution >= 0.6 is 11.3 Å². The van der Waals surface area contributed by atoms with E-state index in [1.54, 1.807) is 18.3 Å². The van der Waals surface area contributed by atoms with E-state index >= 15 is 0 Å². The van der Waals surface area contributed by atoms with E-state index in [1.807, 2.05) is 23.8 Å². The number of anilines is 2. The summed E-state index contributed by atoms with van der Waals surface area (Å²) in [5, 5.41) is 18.1. The SMILES string of the molecule is Cc1nc(NN)nc(NC(C)c2ccsc2)c1[N+](=O)[O-]. The fourth-order valence-electron chi connectivity index (χ4n) is 1.76. The average molecular weight is 294 g/mol. The fourth-order valence-corrected chi connectivity index (χ4v) is 2.51. The molecule has 20 heavy (non-hydrogen) atoms. The second-order valence-corrected chi connectivity index (χ2v) is 4.93. The van der Waals surface area contributed by atoms with Crippen LogP contribution in [-0.2, 0) is 0 Å². The molecule has 0 amide bonds. The highest BCUT2D eigenvalue weighted by Crippen LogP contribution is 2.29. The van der Waals surface area contributed by atoms with E-state index in [-0.39, 0.29) is 29.2 Å². The van der Waals surface area contributed by atoms with Gasteiger partial charge in [0.2, 0.25) is 11.8 Å². The molecule has 4 N–H and O–H groups in total. The number of nitrogens with zero attached hydrogens (tertiary/aromatic N) is 3. The number of rotatable bonds is 5. The molecule has 0 saturated heterocycles. The van der Waals surface area contributed by atoms with Gasteiger partial charge in [-0.25, -0.2) is 10.8 Å². The zero-order valence-corrected chi connectivity index (χ0v) is 11.8. The Balaban J connectivity index is 2.38. The number of hydrogen-bond donors (Lipinski definition) is 3. The molecule has 2 aromatic heterocycles. The summed E-state index contributed by atoms with van der Waals surface area (Å²) in [5.41, 5.74) is 3.43. The third-order valence-electron chi connectivity index (χ3n) is 2.77. The first-order valence-corrected chi connectivity index (χ1v) is 6.75. The summed E-state index contributed by atoms with van der Waals surface area (Å²) in [6.45, 7) is 3.44. The molecule has 0 aliphatic rings. The second-order valence-electron chi connectivity index (χ2n) is 4.15. The summed E-state index contributed by atoms with van der Waals surface area (Å²) in [4.78, 5) is 18.6. The Bertz CT molecular complexity index is 616. The molecule has 9 heteroatoms. The predicted octanol–water partition coefficient (Wildman–Crippen LogP) is 2.21. The predicted molar refractivity (Wildman–Crippen MR) is 77.6 cm³/mol. The van der Waals surface area contributed by atoms with Gasteiger partial charge in [0.05, 0.1) is 11.0 Å². The third-order valence-corrected chi connectivity index (χ3v) is 3.47. The first kappa shape index (κ1) is 14.2. The molecule has 0 saturated carbocycles. The topological polar surface area (TPSA) is 119 Å². The molecule has 0 fully saturated rings. The Hall–Kier alpha value is -2.26. The Morgan fingerprint density at radius 3 is 2.80 bits per heavy atom. The smallest absolute Gasteiger partial charge is 0.332 e. The van der Waals surface area contributed by atoms with Crippen molar-refractivity contribution in [3.05, 3.63) is 38.2 Å². The van der Waals surface area contributed by atoms with E-state index in [4.69, 9.17) is 5.84 Å². The zero-order chi connectivity index (χ0) is 14.7. The quantitative estimate of drug-likeness (QED) is 0.439. The minimum atomic E-state index is -0.502. The average Bonchev–Trinajstić information content (AvgIpc) is 2.91. The molecular formula is C11H14N6O2S. The summed E-state index contributed by atoms with van der Waals surface area (Å²) in [5.74, 6) is 5.55. The Morgan fingerprint density at radius 2 is 2.25 bits per heavy atom. The zero-order valence-electron chi connectivity index (χ0n) is 11.0. The van der Waals surface area contributed by atoms with Crippen molar-refractivity contribution in [3.63, 3.8) is 0 Å². The number of nitrogen functional groups attached to an aromatic ring is 1. The minimum Gasteiger partial charge on any atom is -0.358 e. The van der Waals surface area contributed by atoms with Crippen molar-refractivity contribution >= 4 is 28.8 Å². The monoisotopic (exact) mass is 294 g/mol. The number of thiophene rings is 1. The maximum Gasteiger partial charge on any atom is 0.332 e. The van der Waals surface area contributed by atoms with Crippen molar-refractivity contribution in [2.75, 3.05) is 10.7 Å². The van der Waals surface area contributed by atoms with E-state index in [0.717, 1.165) is 5.56 Å². The van der Waals surface area contributed by atoms with E-state index in [1.165, 1.54) is 0 Å². The lowest BCUT2D eigenvalue weighted by Gasteiger charge is -2.14. The lowest BCUT2D eigenvalue weighted by atomic mass is 10.2. The van der Waals surface area contributed by atoms with Gasteiger partial charge in [-0.15, -0.1) is 0 Å². The fraction of sp³-hybridized carbons (Fsp3) is 0.273. The van der Waals surface area contributed by atoms with E-state index in [2.05, 4.69) is 20.7 Å². The Morgan fingerprint density at radius 1 is 1.50 bits per heavy atom. The van der Waals surface area contributed by atoms with Gasteiger partial charge in [0.25, 0.3) is 0 Å². The second kappa shape index (κ2) is 5.80. The standard InChI is InChI=1S/C11H14N6O2S/c1-6(8-3-4-20-5-8)13-10-9(17(18)19)7(2)14-11(15-10)16-12/h3-6H,12H2,1-2H3,(H2,13,14,15,16). The minimum absolute atomic E-state index is 0.111. The van der Waals surface area contributed by atoms with Crippen molar-refractivity contribution in [1.29, 1.82) is 0 Å². The van der Waals surface area contributed by atoms with Gasteiger partial charge in [0, 0.05) is 0 Å². The van der Waals surface area contributed by atoms with Crippen LogP contribution in [0.4, 0.5) is 17.5 Å². The molecule has 1 unspecified atom stereocenters. The van der Waals surface area contributed by atoms with Crippen LogP contribution in [0.5, 0.6) is 0 Å². The normalized spacial score (nSPS) is 11.9. The van der Waals surface area contributed by atoms with Crippen molar-refractivity contribution in [1.82, 2.24) is 9.97 Å². The first-order chi connectivity index (χ1) is 9.52. The van der Waals surface area contributed by atoms with Crippen LogP contribution in [0, 0.1) is 17.0 Å². The van der Waals surface area contributed by atoms with Crippen molar-refractivity contribution in [3.8, 4) is 0 Å². The molecule has 0 radical (unpaired) electrons. The van der Waals surface area contributed by atoms with E-state index in [0.29, 0.717) is 0 Å². The molecule has 0 aromatic carbocycles. The Labute approximate surface area is 119 Å². The maximum absolute atomic E-state index is 11.1. The Kier molecular flexibility index (Phi) is 4.11. The van der Waals surface area contributed by atoms with E-state index < -0.39 is 4.92 Å². The third kappa shape index (κ3) is 2.83. The number of aromatic nitrogens is 2. The molecule has 8 nitrogen and oxygen atoms in total. The summed E-state index contributed by atoms with van der Waals surface area (Å²) in [6.07, 6.45) is 0. The van der Waals surface area contributed by atoms with Gasteiger partial charge >= 0.3 is 5.69 Å². The largest absolute Gasteiger partial charge is 0.358 e. The van der Waals surface area contributed by atoms with Gasteiger partial charge in [0.15, 0.2) is 0 Å². The van der Waals surface area contributed by atoms with Crippen LogP contribution in [0.3, 0.4) is 0 Å². The highest BCUT2D eigenvalue weighted by molar-refractivity contribution is 7.07. The molecule has 0 bridgehead atoms. The summed E-state index contributed by atoms with van der Waals surface area (Å²) >= 11 is 1.56. The molecule has 0 aliphatic carbocycles. The van der Waals surface area contributed by atoms with Crippen molar-refractivity contribution in [2.45, 2.75) is 19.9 Å². The number of nitro groups is 1. The van der Waals surface area contributed by atoms with Crippen molar-refractivity contribution < 1.29 is 4.92 Å². The number of hydrogen-bond acceptors (Lipinski definition) is 8. The molecule has 0 spiro atoms. The van der Waals surface area contributed by atoms with Crippen LogP contribution in [0.1, 0.15) is 24.2 Å². The highest BCUT2D eigenvalue weighted by Gasteiger charge is 2.23. The van der Waals surface area contributed by atoms with Crippen LogP contribution in [0.2, 0.25) is 0 Å². The number of aryl methyl sites for hydroxylation is 1. The van der Waals surface area contributed by atoms with Gasteiger partial charge in [-0.05, 0) is 36.2 Å². The number of hydrazine groups is 1. The van der Waals surface area contributed by atoms with Gasteiger partial charge in [-0.2, -0.15) is 16.3 Å². The lowest BCUT2D eigenvalue weighted by Crippen LogP contribution is -2.16. The van der Waals surface area contributed by atoms with Crippen LogP contribution in [0.25, 0.3) is 0 Å². The summed E-state index contributed by atoms with van der Waals surface area (Å²) in [7, 11) is 0. The molecule has 2 heterocycles. The molecule has 2 rings (SSSR count). The summed E-state index contributed by atoms with van der Waals surface area (Å²) in [6, 6.07) is 1.84. The molecule has 0 aliphatic heterocycles. The van der Waals surface area contributed by atoms with Crippen LogP contribution < -0.4 is 16.6 Å². The molecule has 106 valence electrons. The molecule has 1 atom stereocenters. The van der Waals surface area contributed by atoms with Gasteiger partial charge in [-0.3, -0.25) is 15.5 Å². The first-order valence-electron chi connectivity index (χ1n) is 5.81. The van der Waals surface area contributed by atoms with Crippen molar-refractivity contribution in [2.24, 2.45) is 5.84 Å². The highest BCUT2D eigenvalue weighted by atomic mass is 32.1. The van der Waals surface area contributed by atoms with Crippen LogP contribution in [-0.4, -0.2) is 14.9 Å². The van der Waals surface area contributed by atoms with Gasteiger partial charge < -0.3 is 5.32 Å². The van der Waals surface area contributed by atoms with Crippen LogP contribution in [0.15, 0.2) is 16.8 Å². The number of nitrogens with two attached hydrogens (primary N) is 1. The summed E-state index contributed by atoms with van der Waals surface area (Å²) < 4.78 is 0. The maximum atomic E-state index is 11.1. The van der Waals surface area contributed by atoms with Gasteiger partial charge in [0.1, 0.15) is 5.69 Å². The van der Waals surface area contributed by atoms with Gasteiger partial charge in [-0.1, -0.05) is 0 Å². The van der Waals surface area contributed by atoms with E-state index in [9.17, 15) is 10.1 Å². The molecule has 2 aromatic rings. The molecular weight excluding hydrogens is 280 g/mol.